The van der Waals surface area contributed by atoms with Gasteiger partial charge in [0.1, 0.15) is 9.84 Å². The Kier molecular flexibility index (Phi) is 5.53. The van der Waals surface area contributed by atoms with Crippen molar-refractivity contribution in [3.05, 3.63) is 31.8 Å². The van der Waals surface area contributed by atoms with Crippen molar-refractivity contribution in [3.8, 4) is 0 Å². The van der Waals surface area contributed by atoms with Gasteiger partial charge in [-0.05, 0) is 71.5 Å². The fourth-order valence-electron chi connectivity index (χ4n) is 2.92. The molecule has 1 aromatic rings. The first-order chi connectivity index (χ1) is 9.29. The average molecular weight is 472 g/mol. The van der Waals surface area contributed by atoms with Crippen molar-refractivity contribution >= 4 is 48.4 Å². The lowest BCUT2D eigenvalue weighted by molar-refractivity contribution is 0.308. The van der Waals surface area contributed by atoms with E-state index in [0.717, 1.165) is 32.9 Å². The monoisotopic (exact) mass is 471 g/mol. The van der Waals surface area contributed by atoms with Crippen LogP contribution in [0, 0.1) is 9.49 Å². The fraction of sp³-hybridized carbons (Fsp3) is 0.571. The Bertz CT molecular complexity index is 591. The van der Waals surface area contributed by atoms with Gasteiger partial charge < -0.3 is 5.73 Å². The lowest BCUT2D eigenvalue weighted by atomic mass is 9.81. The van der Waals surface area contributed by atoms with E-state index in [1.165, 1.54) is 6.26 Å². The molecule has 1 aliphatic carbocycles. The summed E-state index contributed by atoms with van der Waals surface area (Å²) in [5.74, 6) is 0.234. The molecule has 2 N–H and O–H groups in total. The van der Waals surface area contributed by atoms with Crippen molar-refractivity contribution in [2.75, 3.05) is 6.26 Å². The Balaban J connectivity index is 2.20. The minimum absolute atomic E-state index is 0.108. The first-order valence-electron chi connectivity index (χ1n) is 6.68. The van der Waals surface area contributed by atoms with Crippen LogP contribution in [0.25, 0.3) is 0 Å². The van der Waals surface area contributed by atoms with Gasteiger partial charge in [-0.25, -0.2) is 8.42 Å². The minimum Gasteiger partial charge on any atom is -0.324 e. The molecule has 0 aromatic heterocycles. The van der Waals surface area contributed by atoms with Gasteiger partial charge in [-0.1, -0.05) is 22.4 Å². The van der Waals surface area contributed by atoms with Gasteiger partial charge in [0.2, 0.25) is 0 Å². The van der Waals surface area contributed by atoms with E-state index >= 15 is 0 Å². The zero-order valence-corrected chi connectivity index (χ0v) is 15.9. The number of benzene rings is 1. The third-order valence-corrected chi connectivity index (χ3v) is 7.13. The number of halogens is 2. The van der Waals surface area contributed by atoms with Gasteiger partial charge in [0, 0.05) is 20.3 Å². The van der Waals surface area contributed by atoms with Crippen LogP contribution >= 0.6 is 38.5 Å². The quantitative estimate of drug-likeness (QED) is 0.684. The van der Waals surface area contributed by atoms with Crippen LogP contribution in [0.15, 0.2) is 22.7 Å². The molecule has 1 saturated carbocycles. The number of sulfone groups is 1. The summed E-state index contributed by atoms with van der Waals surface area (Å²) in [5.41, 5.74) is 7.50. The Labute approximate surface area is 142 Å². The molecule has 2 rings (SSSR count). The van der Waals surface area contributed by atoms with Crippen LogP contribution in [0.2, 0.25) is 0 Å². The molecule has 20 heavy (non-hydrogen) atoms. The van der Waals surface area contributed by atoms with Gasteiger partial charge in [0.15, 0.2) is 0 Å². The lowest BCUT2D eigenvalue weighted by Gasteiger charge is -2.32. The number of hydrogen-bond acceptors (Lipinski definition) is 3. The molecule has 0 aliphatic heterocycles. The van der Waals surface area contributed by atoms with Crippen molar-refractivity contribution in [3.63, 3.8) is 0 Å². The average Bonchev–Trinajstić information content (AvgIpc) is 2.40. The molecule has 0 amide bonds. The van der Waals surface area contributed by atoms with Crippen LogP contribution < -0.4 is 5.73 Å². The van der Waals surface area contributed by atoms with Crippen LogP contribution in [0.5, 0.6) is 0 Å². The Morgan fingerprint density at radius 3 is 2.75 bits per heavy atom. The molecule has 3 atom stereocenters. The van der Waals surface area contributed by atoms with Crippen LogP contribution in [-0.4, -0.2) is 19.9 Å². The second-order valence-corrected chi connectivity index (χ2v) is 10.00. The SMILES string of the molecule is CS(=O)(=O)C1CCCC(C(N)c2cc(I)ccc2Br)C1. The summed E-state index contributed by atoms with van der Waals surface area (Å²) in [6.45, 7) is 0. The summed E-state index contributed by atoms with van der Waals surface area (Å²) in [6, 6.07) is 6.01. The molecule has 0 heterocycles. The molecule has 3 unspecified atom stereocenters. The molecule has 0 radical (unpaired) electrons. The molecule has 1 fully saturated rings. The van der Waals surface area contributed by atoms with Crippen molar-refractivity contribution < 1.29 is 8.42 Å². The Morgan fingerprint density at radius 2 is 2.10 bits per heavy atom. The van der Waals surface area contributed by atoms with Crippen molar-refractivity contribution in [1.82, 2.24) is 0 Å². The highest BCUT2D eigenvalue weighted by atomic mass is 127. The minimum atomic E-state index is -2.96. The second-order valence-electron chi connectivity index (χ2n) is 5.57. The predicted octanol–water partition coefficient (Wildman–Crippen LogP) is 3.66. The number of rotatable bonds is 3. The highest BCUT2D eigenvalue weighted by molar-refractivity contribution is 14.1. The summed E-state index contributed by atoms with van der Waals surface area (Å²) in [7, 11) is -2.96. The smallest absolute Gasteiger partial charge is 0.150 e. The van der Waals surface area contributed by atoms with E-state index in [4.69, 9.17) is 5.73 Å². The maximum absolute atomic E-state index is 11.8. The van der Waals surface area contributed by atoms with Crippen molar-refractivity contribution in [2.45, 2.75) is 37.0 Å². The topological polar surface area (TPSA) is 60.2 Å². The molecule has 0 saturated heterocycles. The van der Waals surface area contributed by atoms with Crippen molar-refractivity contribution in [1.29, 1.82) is 0 Å². The van der Waals surface area contributed by atoms with E-state index in [1.807, 2.05) is 12.1 Å². The van der Waals surface area contributed by atoms with E-state index < -0.39 is 9.84 Å². The molecule has 0 spiro atoms. The largest absolute Gasteiger partial charge is 0.324 e. The second kappa shape index (κ2) is 6.62. The summed E-state index contributed by atoms with van der Waals surface area (Å²) in [4.78, 5) is 0. The standard InChI is InChI=1S/C14H19BrINO2S/c1-20(18,19)11-4-2-3-9(7-11)14(17)12-8-10(16)5-6-13(12)15/h5-6,8-9,11,14H,2-4,7,17H2,1H3. The van der Waals surface area contributed by atoms with Gasteiger partial charge in [-0.2, -0.15) is 0 Å². The Morgan fingerprint density at radius 1 is 1.40 bits per heavy atom. The van der Waals surface area contributed by atoms with Gasteiger partial charge in [-0.15, -0.1) is 0 Å². The fourth-order valence-corrected chi connectivity index (χ4v) is 5.14. The molecule has 1 aromatic carbocycles. The van der Waals surface area contributed by atoms with E-state index in [-0.39, 0.29) is 17.2 Å². The molecular weight excluding hydrogens is 453 g/mol. The summed E-state index contributed by atoms with van der Waals surface area (Å²) < 4.78 is 25.7. The predicted molar refractivity (Wildman–Crippen MR) is 94.4 cm³/mol. The molecular formula is C14H19BrINO2S. The molecule has 3 nitrogen and oxygen atoms in total. The molecule has 6 heteroatoms. The van der Waals surface area contributed by atoms with E-state index in [0.29, 0.717) is 6.42 Å². The lowest BCUT2D eigenvalue weighted by Crippen LogP contribution is -2.33. The summed E-state index contributed by atoms with van der Waals surface area (Å²) >= 11 is 5.82. The van der Waals surface area contributed by atoms with Gasteiger partial charge >= 0.3 is 0 Å². The van der Waals surface area contributed by atoms with Crippen LogP contribution in [0.1, 0.15) is 37.3 Å². The van der Waals surface area contributed by atoms with Gasteiger partial charge in [0.25, 0.3) is 0 Å². The van der Waals surface area contributed by atoms with Crippen LogP contribution in [0.3, 0.4) is 0 Å². The van der Waals surface area contributed by atoms with Crippen LogP contribution in [-0.2, 0) is 9.84 Å². The number of nitrogens with two attached hydrogens (primary N) is 1. The maximum atomic E-state index is 11.8. The molecule has 112 valence electrons. The zero-order chi connectivity index (χ0) is 14.9. The van der Waals surface area contributed by atoms with Crippen molar-refractivity contribution in [2.24, 2.45) is 11.7 Å². The Hall–Kier alpha value is 0.340. The zero-order valence-electron chi connectivity index (χ0n) is 11.4. The van der Waals surface area contributed by atoms with Gasteiger partial charge in [-0.3, -0.25) is 0 Å². The first-order valence-corrected chi connectivity index (χ1v) is 10.5. The third kappa shape index (κ3) is 3.96. The van der Waals surface area contributed by atoms with E-state index in [9.17, 15) is 8.42 Å². The molecule has 1 aliphatic rings. The highest BCUT2D eigenvalue weighted by Gasteiger charge is 2.32. The van der Waals surface area contributed by atoms with Crippen LogP contribution in [0.4, 0.5) is 0 Å². The van der Waals surface area contributed by atoms with E-state index in [1.54, 1.807) is 0 Å². The first kappa shape index (κ1) is 16.7. The van der Waals surface area contributed by atoms with E-state index in [2.05, 4.69) is 44.6 Å². The third-order valence-electron chi connectivity index (χ3n) is 4.10. The highest BCUT2D eigenvalue weighted by Crippen LogP contribution is 2.38. The summed E-state index contributed by atoms with van der Waals surface area (Å²) in [5, 5.41) is -0.228. The number of hydrogen-bond donors (Lipinski definition) is 1. The normalized spacial score (nSPS) is 25.4. The maximum Gasteiger partial charge on any atom is 0.150 e. The van der Waals surface area contributed by atoms with Gasteiger partial charge in [0.05, 0.1) is 5.25 Å². The molecule has 0 bridgehead atoms. The summed E-state index contributed by atoms with van der Waals surface area (Å²) in [6.07, 6.45) is 4.74.